The van der Waals surface area contributed by atoms with Gasteiger partial charge in [-0.15, -0.1) is 21.5 Å². The second-order valence-corrected chi connectivity index (χ2v) is 7.47. The summed E-state index contributed by atoms with van der Waals surface area (Å²) in [5.41, 5.74) is 1.17. The summed E-state index contributed by atoms with van der Waals surface area (Å²) in [6.07, 6.45) is 0. The first-order valence-corrected chi connectivity index (χ1v) is 10.2. The van der Waals surface area contributed by atoms with Crippen LogP contribution in [0.4, 0.5) is 5.69 Å². The number of piperazine rings is 1. The van der Waals surface area contributed by atoms with Crippen LogP contribution in [0.5, 0.6) is 5.75 Å². The first-order valence-electron chi connectivity index (χ1n) is 9.34. The maximum absolute atomic E-state index is 5.92. The number of hydrogen-bond donors (Lipinski definition) is 0. The summed E-state index contributed by atoms with van der Waals surface area (Å²) >= 11 is 1.61. The molecule has 4 rings (SSSR count). The maximum atomic E-state index is 5.92. The summed E-state index contributed by atoms with van der Waals surface area (Å²) < 4.78 is 11.7. The van der Waals surface area contributed by atoms with E-state index in [0.29, 0.717) is 18.4 Å². The number of nitrogens with zero attached hydrogens (tertiary/aromatic N) is 4. The molecule has 27 heavy (non-hydrogen) atoms. The zero-order valence-electron chi connectivity index (χ0n) is 15.7. The quantitative estimate of drug-likeness (QED) is 0.638. The van der Waals surface area contributed by atoms with Crippen LogP contribution in [0.15, 0.2) is 46.2 Å². The Balaban J connectivity index is 1.41. The summed E-state index contributed by atoms with van der Waals surface area (Å²) in [5.74, 6) is 2.25. The molecule has 1 fully saturated rings. The summed E-state index contributed by atoms with van der Waals surface area (Å²) in [7, 11) is 0. The summed E-state index contributed by atoms with van der Waals surface area (Å²) in [5, 5.41) is 10.5. The van der Waals surface area contributed by atoms with Crippen LogP contribution in [0.1, 0.15) is 25.8 Å². The highest BCUT2D eigenvalue weighted by Crippen LogP contribution is 2.31. The minimum Gasteiger partial charge on any atom is -0.492 e. The van der Waals surface area contributed by atoms with E-state index in [9.17, 15) is 0 Å². The van der Waals surface area contributed by atoms with Gasteiger partial charge in [0.2, 0.25) is 5.89 Å². The molecule has 142 valence electrons. The van der Waals surface area contributed by atoms with E-state index >= 15 is 0 Å². The van der Waals surface area contributed by atoms with Crippen molar-refractivity contribution in [3.05, 3.63) is 47.7 Å². The van der Waals surface area contributed by atoms with Gasteiger partial charge in [-0.1, -0.05) is 18.2 Å². The van der Waals surface area contributed by atoms with Crippen LogP contribution in [-0.2, 0) is 0 Å². The number of aromatic nitrogens is 2. The monoisotopic (exact) mass is 384 g/mol. The predicted octanol–water partition coefficient (Wildman–Crippen LogP) is 4.08. The van der Waals surface area contributed by atoms with E-state index in [1.165, 1.54) is 5.69 Å². The molecular formula is C20H24N4O2S. The maximum Gasteiger partial charge on any atom is 0.257 e. The van der Waals surface area contributed by atoms with Crippen LogP contribution in [0.3, 0.4) is 0 Å². The van der Waals surface area contributed by atoms with Gasteiger partial charge >= 0.3 is 0 Å². The van der Waals surface area contributed by atoms with Crippen molar-refractivity contribution in [2.75, 3.05) is 37.7 Å². The Bertz CT molecular complexity index is 857. The van der Waals surface area contributed by atoms with Gasteiger partial charge in [-0.05, 0) is 37.4 Å². The molecule has 2 aromatic heterocycles. The molecule has 0 aliphatic carbocycles. The normalized spacial score (nSPS) is 16.4. The molecule has 0 saturated carbocycles. The van der Waals surface area contributed by atoms with Crippen molar-refractivity contribution in [2.45, 2.75) is 19.9 Å². The summed E-state index contributed by atoms with van der Waals surface area (Å²) in [6, 6.07) is 12.4. The highest BCUT2D eigenvalue weighted by atomic mass is 32.1. The summed E-state index contributed by atoms with van der Waals surface area (Å²) in [4.78, 5) is 5.79. The van der Waals surface area contributed by atoms with E-state index in [0.717, 1.165) is 36.8 Å². The average Bonchev–Trinajstić information content (AvgIpc) is 3.40. The Hall–Kier alpha value is -2.38. The van der Waals surface area contributed by atoms with Gasteiger partial charge < -0.3 is 14.1 Å². The fraction of sp³-hybridized carbons (Fsp3) is 0.400. The van der Waals surface area contributed by atoms with Gasteiger partial charge in [0.15, 0.2) is 0 Å². The summed E-state index contributed by atoms with van der Waals surface area (Å²) in [6.45, 7) is 8.61. The van der Waals surface area contributed by atoms with Gasteiger partial charge in [0, 0.05) is 26.2 Å². The third-order valence-electron chi connectivity index (χ3n) is 4.90. The Kier molecular flexibility index (Phi) is 5.40. The minimum absolute atomic E-state index is 0.107. The molecular weight excluding hydrogens is 360 g/mol. The molecule has 1 aliphatic heterocycles. The van der Waals surface area contributed by atoms with Crippen LogP contribution in [0, 0.1) is 0 Å². The number of para-hydroxylation sites is 2. The fourth-order valence-corrected chi connectivity index (χ4v) is 4.05. The van der Waals surface area contributed by atoms with Crippen molar-refractivity contribution in [3.8, 4) is 16.5 Å². The van der Waals surface area contributed by atoms with Crippen LogP contribution in [0.2, 0.25) is 0 Å². The molecule has 0 bridgehead atoms. The molecule has 1 unspecified atom stereocenters. The van der Waals surface area contributed by atoms with E-state index in [1.807, 2.05) is 36.6 Å². The number of ether oxygens (including phenoxy) is 1. The van der Waals surface area contributed by atoms with Crippen molar-refractivity contribution in [1.82, 2.24) is 15.1 Å². The second kappa shape index (κ2) is 8.10. The lowest BCUT2D eigenvalue weighted by atomic mass is 10.2. The number of anilines is 1. The van der Waals surface area contributed by atoms with Gasteiger partial charge in [0.25, 0.3) is 5.89 Å². The van der Waals surface area contributed by atoms with Crippen LogP contribution >= 0.6 is 11.3 Å². The molecule has 0 amide bonds. The van der Waals surface area contributed by atoms with Crippen LogP contribution in [-0.4, -0.2) is 47.9 Å². The van der Waals surface area contributed by atoms with Gasteiger partial charge in [-0.25, -0.2) is 0 Å². The number of benzene rings is 1. The lowest BCUT2D eigenvalue weighted by Crippen LogP contribution is -2.47. The van der Waals surface area contributed by atoms with E-state index in [4.69, 9.17) is 9.15 Å². The Morgan fingerprint density at radius 1 is 1.11 bits per heavy atom. The molecule has 7 heteroatoms. The molecule has 3 heterocycles. The van der Waals surface area contributed by atoms with E-state index in [-0.39, 0.29) is 6.04 Å². The average molecular weight is 385 g/mol. The first kappa shape index (κ1) is 18.0. The highest BCUT2D eigenvalue weighted by Gasteiger charge is 2.27. The Labute approximate surface area is 163 Å². The van der Waals surface area contributed by atoms with Crippen molar-refractivity contribution in [3.63, 3.8) is 0 Å². The lowest BCUT2D eigenvalue weighted by Gasteiger charge is -2.38. The Morgan fingerprint density at radius 3 is 2.67 bits per heavy atom. The third-order valence-corrected chi connectivity index (χ3v) is 5.76. The second-order valence-electron chi connectivity index (χ2n) is 6.52. The molecule has 6 nitrogen and oxygen atoms in total. The predicted molar refractivity (Wildman–Crippen MR) is 107 cm³/mol. The third kappa shape index (κ3) is 3.84. The SMILES string of the molecule is CCOc1ccccc1N1CCN(C(C)c2nnc(-c3cccs3)o2)CC1. The van der Waals surface area contributed by atoms with Crippen LogP contribution in [0.25, 0.3) is 10.8 Å². The molecule has 0 N–H and O–H groups in total. The first-order chi connectivity index (χ1) is 13.3. The molecule has 0 spiro atoms. The van der Waals surface area contributed by atoms with Gasteiger partial charge in [0.1, 0.15) is 5.75 Å². The van der Waals surface area contributed by atoms with Crippen molar-refractivity contribution < 1.29 is 9.15 Å². The van der Waals surface area contributed by atoms with E-state index in [2.05, 4.69) is 39.1 Å². The minimum atomic E-state index is 0.107. The molecule has 1 atom stereocenters. The van der Waals surface area contributed by atoms with Gasteiger partial charge in [0.05, 0.1) is 23.2 Å². The van der Waals surface area contributed by atoms with E-state index in [1.54, 1.807) is 11.3 Å². The van der Waals surface area contributed by atoms with Crippen molar-refractivity contribution >= 4 is 17.0 Å². The van der Waals surface area contributed by atoms with Crippen LogP contribution < -0.4 is 9.64 Å². The fourth-order valence-electron chi connectivity index (χ4n) is 3.41. The van der Waals surface area contributed by atoms with Crippen molar-refractivity contribution in [1.29, 1.82) is 0 Å². The lowest BCUT2D eigenvalue weighted by molar-refractivity contribution is 0.173. The molecule has 1 saturated heterocycles. The van der Waals surface area contributed by atoms with Gasteiger partial charge in [-0.2, -0.15) is 0 Å². The topological polar surface area (TPSA) is 54.6 Å². The zero-order chi connectivity index (χ0) is 18.6. The smallest absolute Gasteiger partial charge is 0.257 e. The molecule has 1 aromatic carbocycles. The standard InChI is InChI=1S/C20H24N4O2S/c1-3-25-17-8-5-4-7-16(17)24-12-10-23(11-13-24)15(2)19-21-22-20(26-19)18-9-6-14-27-18/h4-9,14-15H,3,10-13H2,1-2H3. The highest BCUT2D eigenvalue weighted by molar-refractivity contribution is 7.13. The Morgan fingerprint density at radius 2 is 1.93 bits per heavy atom. The van der Waals surface area contributed by atoms with Crippen molar-refractivity contribution in [2.24, 2.45) is 0 Å². The largest absolute Gasteiger partial charge is 0.492 e. The number of thiophene rings is 1. The molecule has 3 aromatic rings. The zero-order valence-corrected chi connectivity index (χ0v) is 16.5. The van der Waals surface area contributed by atoms with E-state index < -0.39 is 0 Å². The number of hydrogen-bond acceptors (Lipinski definition) is 7. The number of rotatable bonds is 6. The molecule has 0 radical (unpaired) electrons. The van der Waals surface area contributed by atoms with Gasteiger partial charge in [-0.3, -0.25) is 4.90 Å². The molecule has 1 aliphatic rings.